The number of thioether (sulfide) groups is 1. The Labute approximate surface area is 103 Å². The van der Waals surface area contributed by atoms with E-state index < -0.39 is 6.09 Å². The van der Waals surface area contributed by atoms with Crippen LogP contribution in [0.5, 0.6) is 0 Å². The minimum Gasteiger partial charge on any atom is -0.465 e. The molecule has 0 aliphatic rings. The number of hydrogen-bond acceptors (Lipinski definition) is 2. The number of hydrogen-bond donors (Lipinski definition) is 2. The molecule has 2 N–H and O–H groups in total. The fourth-order valence-electron chi connectivity index (χ4n) is 0.970. The lowest BCUT2D eigenvalue weighted by Crippen LogP contribution is -2.21. The summed E-state index contributed by atoms with van der Waals surface area (Å²) in [5.74, 6) is 0. The van der Waals surface area contributed by atoms with Crippen LogP contribution in [-0.4, -0.2) is 17.7 Å². The topological polar surface area (TPSA) is 49.3 Å². The minimum atomic E-state index is -0.987. The number of halogens is 1. The van der Waals surface area contributed by atoms with Crippen molar-refractivity contribution in [2.45, 2.75) is 11.3 Å². The van der Waals surface area contributed by atoms with Crippen molar-refractivity contribution in [3.63, 3.8) is 0 Å². The quantitative estimate of drug-likeness (QED) is 0.626. The van der Waals surface area contributed by atoms with Crippen molar-refractivity contribution in [3.05, 3.63) is 40.8 Å². The van der Waals surface area contributed by atoms with Crippen molar-refractivity contribution in [1.82, 2.24) is 5.32 Å². The molecular formula is C11H12ClNO2S. The molecule has 86 valence electrons. The van der Waals surface area contributed by atoms with Gasteiger partial charge in [0, 0.05) is 16.5 Å². The normalized spacial score (nSPS) is 10.6. The zero-order valence-electron chi connectivity index (χ0n) is 8.52. The van der Waals surface area contributed by atoms with Crippen molar-refractivity contribution in [2.24, 2.45) is 0 Å². The van der Waals surface area contributed by atoms with Crippen LogP contribution in [0.4, 0.5) is 4.79 Å². The molecule has 0 bridgehead atoms. The van der Waals surface area contributed by atoms with Crippen molar-refractivity contribution in [3.8, 4) is 0 Å². The molecule has 0 aliphatic carbocycles. The first-order valence-electron chi connectivity index (χ1n) is 4.72. The van der Waals surface area contributed by atoms with Crippen LogP contribution in [0, 0.1) is 0 Å². The summed E-state index contributed by atoms with van der Waals surface area (Å²) in [4.78, 5) is 11.2. The Morgan fingerprint density at radius 3 is 2.75 bits per heavy atom. The number of nitrogens with one attached hydrogen (secondary N) is 1. The van der Waals surface area contributed by atoms with Crippen LogP contribution >= 0.6 is 23.4 Å². The smallest absolute Gasteiger partial charge is 0.404 e. The van der Waals surface area contributed by atoms with Gasteiger partial charge in [-0.15, -0.1) is 0 Å². The molecule has 16 heavy (non-hydrogen) atoms. The molecule has 0 saturated heterocycles. The first-order chi connectivity index (χ1) is 7.68. The molecule has 3 nitrogen and oxygen atoms in total. The molecule has 0 saturated carbocycles. The highest BCUT2D eigenvalue weighted by molar-refractivity contribution is 8.02. The molecule has 0 fully saturated rings. The summed E-state index contributed by atoms with van der Waals surface area (Å²) >= 11 is 7.33. The summed E-state index contributed by atoms with van der Waals surface area (Å²) in [6.07, 6.45) is 1.63. The molecule has 0 heterocycles. The lowest BCUT2D eigenvalue weighted by Gasteiger charge is -1.97. The van der Waals surface area contributed by atoms with E-state index in [1.54, 1.807) is 11.8 Å². The highest BCUT2D eigenvalue weighted by atomic mass is 35.5. The second-order valence-electron chi connectivity index (χ2n) is 2.96. The van der Waals surface area contributed by atoms with Gasteiger partial charge in [0.2, 0.25) is 0 Å². The molecule has 0 aliphatic heterocycles. The van der Waals surface area contributed by atoms with Crippen LogP contribution in [0.25, 0.3) is 0 Å². The lowest BCUT2D eigenvalue weighted by atomic mass is 10.4. The maximum absolute atomic E-state index is 10.1. The Balaban J connectivity index is 2.21. The zero-order valence-corrected chi connectivity index (χ0v) is 10.1. The Bertz CT molecular complexity index is 365. The van der Waals surface area contributed by atoms with Gasteiger partial charge in [0.15, 0.2) is 0 Å². The summed E-state index contributed by atoms with van der Waals surface area (Å²) in [5.41, 5.74) is 0. The van der Waals surface area contributed by atoms with Gasteiger partial charge in [-0.25, -0.2) is 4.79 Å². The first-order valence-corrected chi connectivity index (χ1v) is 5.98. The third kappa shape index (κ3) is 5.68. The molecule has 0 spiro atoms. The Morgan fingerprint density at radius 2 is 2.12 bits per heavy atom. The van der Waals surface area contributed by atoms with Crippen molar-refractivity contribution in [1.29, 1.82) is 0 Å². The van der Waals surface area contributed by atoms with Gasteiger partial charge in [0.1, 0.15) is 0 Å². The first kappa shape index (κ1) is 12.9. The third-order valence-corrected chi connectivity index (χ3v) is 2.83. The van der Waals surface area contributed by atoms with E-state index in [-0.39, 0.29) is 0 Å². The van der Waals surface area contributed by atoms with Crippen LogP contribution < -0.4 is 5.32 Å². The van der Waals surface area contributed by atoms with Crippen LogP contribution in [-0.2, 0) is 0 Å². The number of carbonyl (C=O) groups is 1. The maximum atomic E-state index is 10.1. The maximum Gasteiger partial charge on any atom is 0.404 e. The zero-order chi connectivity index (χ0) is 11.8. The van der Waals surface area contributed by atoms with Crippen LogP contribution in [0.3, 0.4) is 0 Å². The van der Waals surface area contributed by atoms with E-state index in [0.717, 1.165) is 9.92 Å². The van der Waals surface area contributed by atoms with E-state index in [2.05, 4.69) is 5.32 Å². The van der Waals surface area contributed by atoms with Crippen LogP contribution in [0.15, 0.2) is 40.6 Å². The van der Waals surface area contributed by atoms with Crippen molar-refractivity contribution in [2.75, 3.05) is 6.54 Å². The van der Waals surface area contributed by atoms with Gasteiger partial charge in [-0.1, -0.05) is 29.4 Å². The second-order valence-corrected chi connectivity index (χ2v) is 4.38. The molecular weight excluding hydrogens is 246 g/mol. The molecule has 0 radical (unpaired) electrons. The predicted octanol–water partition coefficient (Wildman–Crippen LogP) is 3.60. The fraction of sp³-hybridized carbons (Fsp3) is 0.182. The Morgan fingerprint density at radius 1 is 1.44 bits per heavy atom. The summed E-state index contributed by atoms with van der Waals surface area (Å²) in [7, 11) is 0. The highest BCUT2D eigenvalue weighted by Crippen LogP contribution is 2.21. The summed E-state index contributed by atoms with van der Waals surface area (Å²) in [6, 6.07) is 7.55. The van der Waals surface area contributed by atoms with E-state index in [9.17, 15) is 4.79 Å². The molecule has 5 heteroatoms. The van der Waals surface area contributed by atoms with Gasteiger partial charge >= 0.3 is 6.09 Å². The predicted molar refractivity (Wildman–Crippen MR) is 67.1 cm³/mol. The SMILES string of the molecule is O=C(O)NCC/C=C/Sc1ccc(Cl)cc1. The average Bonchev–Trinajstić information content (AvgIpc) is 2.25. The summed E-state index contributed by atoms with van der Waals surface area (Å²) in [6.45, 7) is 0.438. The van der Waals surface area contributed by atoms with Gasteiger partial charge in [-0.3, -0.25) is 0 Å². The second kappa shape index (κ2) is 7.19. The van der Waals surface area contributed by atoms with Crippen molar-refractivity contribution >= 4 is 29.5 Å². The standard InChI is InChI=1S/C11H12ClNO2S/c12-9-3-5-10(6-4-9)16-8-2-1-7-13-11(14)15/h2-6,8,13H,1,7H2,(H,14,15)/b8-2+. The van der Waals surface area contributed by atoms with Crippen LogP contribution in [0.1, 0.15) is 6.42 Å². The van der Waals surface area contributed by atoms with E-state index >= 15 is 0 Å². The molecule has 0 atom stereocenters. The monoisotopic (exact) mass is 257 g/mol. The molecule has 1 amide bonds. The molecule has 1 aromatic rings. The summed E-state index contributed by atoms with van der Waals surface area (Å²) in [5, 5.41) is 13.3. The van der Waals surface area contributed by atoms with Crippen LogP contribution in [0.2, 0.25) is 5.02 Å². The largest absolute Gasteiger partial charge is 0.465 e. The average molecular weight is 258 g/mol. The molecule has 0 aromatic heterocycles. The highest BCUT2D eigenvalue weighted by Gasteiger charge is 1.91. The van der Waals surface area contributed by atoms with Crippen molar-refractivity contribution < 1.29 is 9.90 Å². The third-order valence-electron chi connectivity index (χ3n) is 1.70. The van der Waals surface area contributed by atoms with E-state index in [0.29, 0.717) is 13.0 Å². The molecule has 1 aromatic carbocycles. The van der Waals surface area contributed by atoms with Gasteiger partial charge in [0.25, 0.3) is 0 Å². The van der Waals surface area contributed by atoms with E-state index in [4.69, 9.17) is 16.7 Å². The Hall–Kier alpha value is -1.13. The molecule has 1 rings (SSSR count). The van der Waals surface area contributed by atoms with Gasteiger partial charge in [-0.05, 0) is 36.1 Å². The lowest BCUT2D eigenvalue weighted by molar-refractivity contribution is 0.194. The number of rotatable bonds is 5. The number of amides is 1. The molecule has 0 unspecified atom stereocenters. The van der Waals surface area contributed by atoms with E-state index in [1.165, 1.54) is 0 Å². The van der Waals surface area contributed by atoms with Gasteiger partial charge < -0.3 is 10.4 Å². The van der Waals surface area contributed by atoms with Gasteiger partial charge in [0.05, 0.1) is 0 Å². The van der Waals surface area contributed by atoms with E-state index in [1.807, 2.05) is 35.7 Å². The number of benzene rings is 1. The summed E-state index contributed by atoms with van der Waals surface area (Å²) < 4.78 is 0. The number of carboxylic acid groups (broad SMARTS) is 1. The fourth-order valence-corrected chi connectivity index (χ4v) is 1.78. The minimum absolute atomic E-state index is 0.438. The van der Waals surface area contributed by atoms with Gasteiger partial charge in [-0.2, -0.15) is 0 Å². The Kier molecular flexibility index (Phi) is 5.82.